The van der Waals surface area contributed by atoms with Crippen molar-refractivity contribution in [3.63, 3.8) is 0 Å². The van der Waals surface area contributed by atoms with Crippen LogP contribution in [0.15, 0.2) is 30.3 Å². The lowest BCUT2D eigenvalue weighted by Crippen LogP contribution is -2.10. The van der Waals surface area contributed by atoms with E-state index in [4.69, 9.17) is 11.5 Å². The molecule has 3 heteroatoms. The van der Waals surface area contributed by atoms with E-state index in [-0.39, 0.29) is 0 Å². The van der Waals surface area contributed by atoms with E-state index in [0.717, 1.165) is 5.56 Å². The molecule has 3 nitrogen and oxygen atoms in total. The molecule has 0 radical (unpaired) electrons. The lowest BCUT2D eigenvalue weighted by molar-refractivity contribution is 0.100. The molecule has 1 aromatic rings. The van der Waals surface area contributed by atoms with Crippen molar-refractivity contribution < 1.29 is 4.79 Å². The van der Waals surface area contributed by atoms with Crippen LogP contribution in [0.1, 0.15) is 15.9 Å². The Balaban J connectivity index is 2.92. The van der Waals surface area contributed by atoms with Crippen LogP contribution >= 0.6 is 0 Å². The quantitative estimate of drug-likeness (QED) is 0.713. The number of carbonyl (C=O) groups is 1. The lowest BCUT2D eigenvalue weighted by atomic mass is 10.1. The summed E-state index contributed by atoms with van der Waals surface area (Å²) in [4.78, 5) is 10.8. The van der Waals surface area contributed by atoms with Crippen LogP contribution in [0.2, 0.25) is 0 Å². The Bertz CT molecular complexity index is 331. The molecule has 0 saturated carbocycles. The summed E-state index contributed by atoms with van der Waals surface area (Å²) in [5.74, 6) is -0.414. The van der Waals surface area contributed by atoms with Crippen LogP contribution in [0.3, 0.4) is 0 Å². The molecule has 4 N–H and O–H groups in total. The van der Waals surface area contributed by atoms with Gasteiger partial charge in [0.05, 0.1) is 0 Å². The Morgan fingerprint density at radius 3 is 2.85 bits per heavy atom. The first-order chi connectivity index (χ1) is 6.24. The molecule has 0 aliphatic carbocycles. The molecule has 1 amide bonds. The molecule has 1 aromatic carbocycles. The SMILES string of the molecule is NCC=Cc1cccc(C(N)=O)c1. The molecule has 1 rings (SSSR count). The second kappa shape index (κ2) is 4.42. The van der Waals surface area contributed by atoms with Crippen molar-refractivity contribution >= 4 is 12.0 Å². The highest BCUT2D eigenvalue weighted by Gasteiger charge is 1.98. The molecule has 68 valence electrons. The fraction of sp³-hybridized carbons (Fsp3) is 0.100. The third-order valence-corrected chi connectivity index (χ3v) is 1.62. The van der Waals surface area contributed by atoms with Crippen LogP contribution in [0.25, 0.3) is 6.08 Å². The number of carbonyl (C=O) groups excluding carboxylic acids is 1. The number of hydrogen-bond acceptors (Lipinski definition) is 2. The van der Waals surface area contributed by atoms with Crippen LogP contribution in [0, 0.1) is 0 Å². The van der Waals surface area contributed by atoms with E-state index in [2.05, 4.69) is 0 Å². The third kappa shape index (κ3) is 2.72. The van der Waals surface area contributed by atoms with Crippen molar-refractivity contribution in [2.75, 3.05) is 6.54 Å². The fourth-order valence-corrected chi connectivity index (χ4v) is 1.000. The van der Waals surface area contributed by atoms with E-state index >= 15 is 0 Å². The second-order valence-electron chi connectivity index (χ2n) is 2.63. The number of primary amides is 1. The number of benzene rings is 1. The maximum atomic E-state index is 10.8. The van der Waals surface area contributed by atoms with Crippen molar-refractivity contribution in [1.29, 1.82) is 0 Å². The summed E-state index contributed by atoms with van der Waals surface area (Å²) < 4.78 is 0. The molecular weight excluding hydrogens is 164 g/mol. The molecule has 0 aliphatic rings. The van der Waals surface area contributed by atoms with Gasteiger partial charge >= 0.3 is 0 Å². The lowest BCUT2D eigenvalue weighted by Gasteiger charge is -1.96. The largest absolute Gasteiger partial charge is 0.366 e. The Morgan fingerprint density at radius 1 is 1.46 bits per heavy atom. The van der Waals surface area contributed by atoms with Crippen LogP contribution in [0.5, 0.6) is 0 Å². The van der Waals surface area contributed by atoms with Crippen molar-refractivity contribution in [3.8, 4) is 0 Å². The molecular formula is C10H12N2O. The maximum absolute atomic E-state index is 10.8. The molecule has 0 heterocycles. The molecule has 0 unspecified atom stereocenters. The number of amides is 1. The minimum atomic E-state index is -0.414. The summed E-state index contributed by atoms with van der Waals surface area (Å²) in [6.45, 7) is 0.487. The Labute approximate surface area is 77.0 Å². The highest BCUT2D eigenvalue weighted by molar-refractivity contribution is 5.93. The van der Waals surface area contributed by atoms with E-state index in [1.54, 1.807) is 18.2 Å². The van der Waals surface area contributed by atoms with Crippen LogP contribution < -0.4 is 11.5 Å². The molecule has 0 bridgehead atoms. The van der Waals surface area contributed by atoms with Gasteiger partial charge in [-0.3, -0.25) is 4.79 Å². The van der Waals surface area contributed by atoms with E-state index in [1.165, 1.54) is 0 Å². The zero-order valence-electron chi connectivity index (χ0n) is 7.23. The summed E-state index contributed by atoms with van der Waals surface area (Å²) >= 11 is 0. The first kappa shape index (κ1) is 9.48. The van der Waals surface area contributed by atoms with Gasteiger partial charge in [-0.15, -0.1) is 0 Å². The molecule has 0 atom stereocenters. The van der Waals surface area contributed by atoms with E-state index in [0.29, 0.717) is 12.1 Å². The number of nitrogens with two attached hydrogens (primary N) is 2. The molecule has 13 heavy (non-hydrogen) atoms. The number of rotatable bonds is 3. The van der Waals surface area contributed by atoms with Crippen LogP contribution in [-0.2, 0) is 0 Å². The highest BCUT2D eigenvalue weighted by Crippen LogP contribution is 2.05. The Hall–Kier alpha value is -1.61. The topological polar surface area (TPSA) is 69.1 Å². The van der Waals surface area contributed by atoms with Gasteiger partial charge < -0.3 is 11.5 Å². The van der Waals surface area contributed by atoms with Crippen molar-refractivity contribution in [3.05, 3.63) is 41.5 Å². The number of hydrogen-bond donors (Lipinski definition) is 2. The summed E-state index contributed by atoms with van der Waals surface area (Å²) in [6, 6.07) is 7.09. The van der Waals surface area contributed by atoms with Crippen molar-refractivity contribution in [2.24, 2.45) is 11.5 Å². The predicted octanol–water partition coefficient (Wildman–Crippen LogP) is 0.757. The normalized spacial score (nSPS) is 10.5. The molecule has 0 aromatic heterocycles. The first-order valence-corrected chi connectivity index (χ1v) is 4.00. The van der Waals surface area contributed by atoms with Gasteiger partial charge in [0.2, 0.25) is 5.91 Å². The minimum Gasteiger partial charge on any atom is -0.366 e. The maximum Gasteiger partial charge on any atom is 0.248 e. The molecule has 0 aliphatic heterocycles. The zero-order chi connectivity index (χ0) is 9.68. The van der Waals surface area contributed by atoms with E-state index < -0.39 is 5.91 Å². The average Bonchev–Trinajstić information content (AvgIpc) is 2.15. The first-order valence-electron chi connectivity index (χ1n) is 4.00. The summed E-state index contributed by atoms with van der Waals surface area (Å²) in [6.07, 6.45) is 3.67. The minimum absolute atomic E-state index is 0.414. The summed E-state index contributed by atoms with van der Waals surface area (Å²) in [7, 11) is 0. The van der Waals surface area contributed by atoms with Crippen molar-refractivity contribution in [2.45, 2.75) is 0 Å². The smallest absolute Gasteiger partial charge is 0.248 e. The van der Waals surface area contributed by atoms with Crippen molar-refractivity contribution in [1.82, 2.24) is 0 Å². The Morgan fingerprint density at radius 2 is 2.23 bits per heavy atom. The van der Waals surface area contributed by atoms with Gasteiger partial charge in [0.25, 0.3) is 0 Å². The van der Waals surface area contributed by atoms with Gasteiger partial charge in [-0.2, -0.15) is 0 Å². The van der Waals surface area contributed by atoms with Gasteiger partial charge in [0.15, 0.2) is 0 Å². The summed E-state index contributed by atoms with van der Waals surface area (Å²) in [5, 5.41) is 0. The molecule has 0 spiro atoms. The van der Waals surface area contributed by atoms with Crippen LogP contribution in [-0.4, -0.2) is 12.5 Å². The van der Waals surface area contributed by atoms with Gasteiger partial charge in [-0.1, -0.05) is 24.3 Å². The zero-order valence-corrected chi connectivity index (χ0v) is 7.23. The standard InChI is InChI=1S/C10H12N2O/c11-6-2-4-8-3-1-5-9(7-8)10(12)13/h1-5,7H,6,11H2,(H2,12,13). The highest BCUT2D eigenvalue weighted by atomic mass is 16.1. The second-order valence-corrected chi connectivity index (χ2v) is 2.63. The molecule has 0 fully saturated rings. The molecule has 0 saturated heterocycles. The predicted molar refractivity (Wildman–Crippen MR) is 53.0 cm³/mol. The van der Waals surface area contributed by atoms with E-state index in [1.807, 2.05) is 18.2 Å². The third-order valence-electron chi connectivity index (χ3n) is 1.62. The van der Waals surface area contributed by atoms with Gasteiger partial charge in [0.1, 0.15) is 0 Å². The summed E-state index contributed by atoms with van der Waals surface area (Å²) in [5.41, 5.74) is 11.9. The van der Waals surface area contributed by atoms with Crippen LogP contribution in [0.4, 0.5) is 0 Å². The Kier molecular flexibility index (Phi) is 3.23. The average molecular weight is 176 g/mol. The van der Waals surface area contributed by atoms with Gasteiger partial charge in [-0.25, -0.2) is 0 Å². The van der Waals surface area contributed by atoms with Gasteiger partial charge in [-0.05, 0) is 17.7 Å². The van der Waals surface area contributed by atoms with E-state index in [9.17, 15) is 4.79 Å². The fourth-order valence-electron chi connectivity index (χ4n) is 1.000. The monoisotopic (exact) mass is 176 g/mol. The van der Waals surface area contributed by atoms with Gasteiger partial charge in [0, 0.05) is 12.1 Å².